The molecule has 0 aliphatic carbocycles. The summed E-state index contributed by atoms with van der Waals surface area (Å²) in [7, 11) is 1.23. The number of nitrogens with zero attached hydrogens (tertiary/aromatic N) is 1. The number of nitro groups is 1. The van der Waals surface area contributed by atoms with Gasteiger partial charge in [0.15, 0.2) is 6.61 Å². The highest BCUT2D eigenvalue weighted by Gasteiger charge is 2.26. The van der Waals surface area contributed by atoms with E-state index in [0.29, 0.717) is 16.8 Å². The van der Waals surface area contributed by atoms with Crippen molar-refractivity contribution in [2.75, 3.05) is 13.7 Å². The van der Waals surface area contributed by atoms with Crippen molar-refractivity contribution < 1.29 is 28.8 Å². The third kappa shape index (κ3) is 3.86. The van der Waals surface area contributed by atoms with Crippen LogP contribution in [0.4, 0.5) is 5.69 Å². The fraction of sp³-hybridized carbons (Fsp3) is 0.278. The number of aryl methyl sites for hydroxylation is 2. The third-order valence-electron chi connectivity index (χ3n) is 4.09. The quantitative estimate of drug-likeness (QED) is 0.356. The lowest BCUT2D eigenvalue weighted by molar-refractivity contribution is -0.385. The van der Waals surface area contributed by atoms with Crippen molar-refractivity contribution in [1.82, 2.24) is 4.98 Å². The standard InChI is InChI=1S/C18H18N2O7/c1-9-6-5-7-12(20(24)25)14(9)18(23)27-8-13(21)16-10(2)15(11(3)19-16)17(22)26-4/h5-7,19H,8H2,1-4H3. The number of Topliss-reactive ketones (excluding diaryl/α,β-unsaturated/α-hetero) is 1. The second-order valence-electron chi connectivity index (χ2n) is 5.84. The van der Waals surface area contributed by atoms with Gasteiger partial charge in [0.2, 0.25) is 5.78 Å². The Morgan fingerprint density at radius 2 is 1.78 bits per heavy atom. The van der Waals surface area contributed by atoms with E-state index in [1.807, 2.05) is 0 Å². The Kier molecular flexibility index (Phi) is 5.74. The minimum Gasteiger partial charge on any atom is -0.465 e. The second-order valence-corrected chi connectivity index (χ2v) is 5.84. The summed E-state index contributed by atoms with van der Waals surface area (Å²) in [5, 5.41) is 11.1. The third-order valence-corrected chi connectivity index (χ3v) is 4.09. The van der Waals surface area contributed by atoms with Crippen LogP contribution in [0.15, 0.2) is 18.2 Å². The number of ketones is 1. The summed E-state index contributed by atoms with van der Waals surface area (Å²) >= 11 is 0. The molecule has 27 heavy (non-hydrogen) atoms. The van der Waals surface area contributed by atoms with Crippen molar-refractivity contribution in [3.05, 3.63) is 62.0 Å². The molecule has 0 aliphatic heterocycles. The Labute approximate surface area is 154 Å². The number of carbonyl (C=O) groups excluding carboxylic acids is 3. The zero-order valence-electron chi connectivity index (χ0n) is 15.2. The van der Waals surface area contributed by atoms with Crippen molar-refractivity contribution in [3.63, 3.8) is 0 Å². The number of methoxy groups -OCH3 is 1. The Morgan fingerprint density at radius 3 is 2.37 bits per heavy atom. The van der Waals surface area contributed by atoms with Crippen LogP contribution >= 0.6 is 0 Å². The molecule has 1 N–H and O–H groups in total. The summed E-state index contributed by atoms with van der Waals surface area (Å²) in [6, 6.07) is 4.17. The molecule has 2 rings (SSSR count). The molecular formula is C18H18N2O7. The van der Waals surface area contributed by atoms with E-state index in [-0.39, 0.29) is 16.8 Å². The van der Waals surface area contributed by atoms with Gasteiger partial charge in [0.05, 0.1) is 23.3 Å². The first-order valence-electron chi connectivity index (χ1n) is 7.90. The monoisotopic (exact) mass is 374 g/mol. The van der Waals surface area contributed by atoms with Crippen LogP contribution in [0.3, 0.4) is 0 Å². The largest absolute Gasteiger partial charge is 0.465 e. The SMILES string of the molecule is COC(=O)c1c(C)[nH]c(C(=O)COC(=O)c2c(C)cccc2[N+](=O)[O-])c1C. The van der Waals surface area contributed by atoms with Crippen molar-refractivity contribution in [2.24, 2.45) is 0 Å². The lowest BCUT2D eigenvalue weighted by Gasteiger charge is -2.07. The van der Waals surface area contributed by atoms with E-state index in [4.69, 9.17) is 4.74 Å². The number of aromatic nitrogens is 1. The maximum Gasteiger partial charge on any atom is 0.345 e. The molecule has 0 saturated carbocycles. The number of rotatable bonds is 6. The van der Waals surface area contributed by atoms with Crippen molar-refractivity contribution in [1.29, 1.82) is 0 Å². The van der Waals surface area contributed by atoms with Crippen molar-refractivity contribution in [2.45, 2.75) is 20.8 Å². The molecule has 0 spiro atoms. The van der Waals surface area contributed by atoms with E-state index >= 15 is 0 Å². The Balaban J connectivity index is 2.21. The van der Waals surface area contributed by atoms with Gasteiger partial charge in [0.25, 0.3) is 5.69 Å². The molecule has 0 unspecified atom stereocenters. The van der Waals surface area contributed by atoms with Gasteiger partial charge in [-0.25, -0.2) is 9.59 Å². The topological polar surface area (TPSA) is 129 Å². The van der Waals surface area contributed by atoms with Crippen molar-refractivity contribution >= 4 is 23.4 Å². The van der Waals surface area contributed by atoms with Gasteiger partial charge in [0, 0.05) is 11.8 Å². The van der Waals surface area contributed by atoms with Gasteiger partial charge in [-0.1, -0.05) is 12.1 Å². The summed E-state index contributed by atoms with van der Waals surface area (Å²) in [5.74, 6) is -2.13. The number of H-pyrrole nitrogens is 1. The van der Waals surface area contributed by atoms with Gasteiger partial charge >= 0.3 is 11.9 Å². The van der Waals surface area contributed by atoms with Crippen LogP contribution in [0.1, 0.15) is 48.0 Å². The van der Waals surface area contributed by atoms with Gasteiger partial charge in [-0.05, 0) is 31.9 Å². The maximum absolute atomic E-state index is 12.4. The maximum atomic E-state index is 12.4. The summed E-state index contributed by atoms with van der Waals surface area (Å²) < 4.78 is 9.65. The van der Waals surface area contributed by atoms with E-state index in [0.717, 1.165) is 0 Å². The van der Waals surface area contributed by atoms with E-state index in [1.54, 1.807) is 13.8 Å². The molecule has 0 amide bonds. The van der Waals surface area contributed by atoms with Gasteiger partial charge in [-0.15, -0.1) is 0 Å². The number of aromatic amines is 1. The molecule has 9 heteroatoms. The molecule has 142 valence electrons. The molecular weight excluding hydrogens is 356 g/mol. The summed E-state index contributed by atoms with van der Waals surface area (Å²) in [6.45, 7) is 4.08. The molecule has 0 aliphatic rings. The molecule has 0 atom stereocenters. The first-order valence-corrected chi connectivity index (χ1v) is 7.90. The van der Waals surface area contributed by atoms with Crippen LogP contribution in [0.2, 0.25) is 0 Å². The van der Waals surface area contributed by atoms with E-state index in [1.165, 1.54) is 32.2 Å². The number of hydrogen-bond donors (Lipinski definition) is 1. The number of benzene rings is 1. The zero-order valence-corrected chi connectivity index (χ0v) is 15.2. The second kappa shape index (κ2) is 7.81. The molecule has 9 nitrogen and oxygen atoms in total. The molecule has 0 saturated heterocycles. The van der Waals surface area contributed by atoms with Gasteiger partial charge in [-0.2, -0.15) is 0 Å². The first-order chi connectivity index (χ1) is 12.7. The van der Waals surface area contributed by atoms with E-state index in [2.05, 4.69) is 9.72 Å². The Morgan fingerprint density at radius 1 is 1.11 bits per heavy atom. The highest BCUT2D eigenvalue weighted by Crippen LogP contribution is 2.23. The van der Waals surface area contributed by atoms with Crippen LogP contribution in [-0.2, 0) is 9.47 Å². The zero-order chi connectivity index (χ0) is 20.3. The first kappa shape index (κ1) is 19.8. The lowest BCUT2D eigenvalue weighted by atomic mass is 10.1. The number of nitrogens with one attached hydrogen (secondary N) is 1. The van der Waals surface area contributed by atoms with E-state index in [9.17, 15) is 24.5 Å². The predicted octanol–water partition coefficient (Wildman–Crippen LogP) is 2.67. The summed E-state index contributed by atoms with van der Waals surface area (Å²) in [5.41, 5.74) is 0.936. The highest BCUT2D eigenvalue weighted by atomic mass is 16.6. The van der Waals surface area contributed by atoms with Gasteiger partial charge < -0.3 is 14.5 Å². The fourth-order valence-corrected chi connectivity index (χ4v) is 2.78. The molecule has 0 fully saturated rings. The van der Waals surface area contributed by atoms with Crippen LogP contribution in [0, 0.1) is 30.9 Å². The minimum atomic E-state index is -0.970. The number of carbonyl (C=O) groups is 3. The molecule has 0 bridgehead atoms. The van der Waals surface area contributed by atoms with Crippen LogP contribution in [0.25, 0.3) is 0 Å². The summed E-state index contributed by atoms with van der Waals surface area (Å²) in [4.78, 5) is 49.6. The fourth-order valence-electron chi connectivity index (χ4n) is 2.78. The number of nitro benzene ring substituents is 1. The normalized spacial score (nSPS) is 10.4. The van der Waals surface area contributed by atoms with Crippen LogP contribution in [0.5, 0.6) is 0 Å². The van der Waals surface area contributed by atoms with Gasteiger partial charge in [-0.3, -0.25) is 14.9 Å². The molecule has 1 heterocycles. The molecule has 1 aromatic heterocycles. The lowest BCUT2D eigenvalue weighted by Crippen LogP contribution is -2.17. The van der Waals surface area contributed by atoms with Crippen LogP contribution in [-0.4, -0.2) is 41.3 Å². The van der Waals surface area contributed by atoms with Crippen molar-refractivity contribution in [3.8, 4) is 0 Å². The minimum absolute atomic E-state index is 0.111. The number of esters is 2. The average molecular weight is 374 g/mol. The summed E-state index contributed by atoms with van der Waals surface area (Å²) in [6.07, 6.45) is 0. The van der Waals surface area contributed by atoms with Crippen LogP contribution < -0.4 is 0 Å². The number of ether oxygens (including phenoxy) is 2. The smallest absolute Gasteiger partial charge is 0.345 e. The Hall–Kier alpha value is -3.49. The van der Waals surface area contributed by atoms with Gasteiger partial charge in [0.1, 0.15) is 5.56 Å². The molecule has 0 radical (unpaired) electrons. The predicted molar refractivity (Wildman–Crippen MR) is 94.1 cm³/mol. The Bertz CT molecular complexity index is 943. The molecule has 1 aromatic carbocycles. The average Bonchev–Trinajstić information content (AvgIpc) is 2.92. The molecule has 2 aromatic rings. The highest BCUT2D eigenvalue weighted by molar-refractivity contribution is 6.03. The van der Waals surface area contributed by atoms with E-state index < -0.39 is 34.9 Å². The number of hydrogen-bond acceptors (Lipinski definition) is 7.